The zero-order valence-electron chi connectivity index (χ0n) is 10.9. The average molecular weight is 266 g/mol. The van der Waals surface area contributed by atoms with Crippen molar-refractivity contribution in [3.8, 4) is 0 Å². The fourth-order valence-electron chi connectivity index (χ4n) is 1.99. The van der Waals surface area contributed by atoms with Crippen molar-refractivity contribution >= 4 is 5.69 Å². The van der Waals surface area contributed by atoms with Gasteiger partial charge in [0.25, 0.3) is 0 Å². The first kappa shape index (κ1) is 12.3. The summed E-state index contributed by atoms with van der Waals surface area (Å²) in [5.41, 5.74) is 8.65. The summed E-state index contributed by atoms with van der Waals surface area (Å²) >= 11 is 0. The molecule has 0 bridgehead atoms. The maximum Gasteiger partial charge on any atom is 0.231 e. The van der Waals surface area contributed by atoms with Crippen LogP contribution in [0.2, 0.25) is 0 Å². The van der Waals surface area contributed by atoms with Crippen LogP contribution in [0.3, 0.4) is 0 Å². The van der Waals surface area contributed by atoms with E-state index in [9.17, 15) is 0 Å². The predicted molar refractivity (Wildman–Crippen MR) is 75.0 cm³/mol. The van der Waals surface area contributed by atoms with Gasteiger partial charge in [0.1, 0.15) is 0 Å². The van der Waals surface area contributed by atoms with E-state index in [0.717, 1.165) is 16.8 Å². The largest absolute Gasteiger partial charge is 0.399 e. The number of nitrogens with two attached hydrogens (primary N) is 1. The summed E-state index contributed by atoms with van der Waals surface area (Å²) in [6, 6.07) is 11.5. The molecule has 100 valence electrons. The summed E-state index contributed by atoms with van der Waals surface area (Å²) in [7, 11) is 0. The van der Waals surface area contributed by atoms with Gasteiger partial charge >= 0.3 is 0 Å². The Kier molecular flexibility index (Phi) is 3.41. The third-order valence-electron chi connectivity index (χ3n) is 2.93. The SMILES string of the molecule is Nc1cccc(Cc2nc(Cc3ccncc3)no2)c1. The molecule has 5 heteroatoms. The van der Waals surface area contributed by atoms with E-state index in [0.29, 0.717) is 24.6 Å². The number of anilines is 1. The number of hydrogen-bond acceptors (Lipinski definition) is 5. The maximum absolute atomic E-state index is 5.75. The Balaban J connectivity index is 1.71. The molecule has 0 aliphatic carbocycles. The Labute approximate surface area is 116 Å². The van der Waals surface area contributed by atoms with Crippen molar-refractivity contribution in [3.63, 3.8) is 0 Å². The highest BCUT2D eigenvalue weighted by Crippen LogP contribution is 2.12. The minimum Gasteiger partial charge on any atom is -0.399 e. The summed E-state index contributed by atoms with van der Waals surface area (Å²) in [6.45, 7) is 0. The molecule has 0 aliphatic heterocycles. The second-order valence-electron chi connectivity index (χ2n) is 4.56. The van der Waals surface area contributed by atoms with Gasteiger partial charge < -0.3 is 10.3 Å². The Morgan fingerprint density at radius 2 is 1.85 bits per heavy atom. The molecule has 20 heavy (non-hydrogen) atoms. The smallest absolute Gasteiger partial charge is 0.231 e. The number of rotatable bonds is 4. The highest BCUT2D eigenvalue weighted by molar-refractivity contribution is 5.41. The molecule has 0 spiro atoms. The van der Waals surface area contributed by atoms with Crippen LogP contribution in [-0.4, -0.2) is 15.1 Å². The lowest BCUT2D eigenvalue weighted by Crippen LogP contribution is -1.93. The van der Waals surface area contributed by atoms with Crippen LogP contribution < -0.4 is 5.73 Å². The lowest BCUT2D eigenvalue weighted by molar-refractivity contribution is 0.380. The highest BCUT2D eigenvalue weighted by atomic mass is 16.5. The van der Waals surface area contributed by atoms with Gasteiger partial charge in [-0.15, -0.1) is 0 Å². The number of hydrogen-bond donors (Lipinski definition) is 1. The number of pyridine rings is 1. The molecule has 1 aromatic carbocycles. The van der Waals surface area contributed by atoms with E-state index in [1.54, 1.807) is 12.4 Å². The molecule has 0 unspecified atom stereocenters. The van der Waals surface area contributed by atoms with Crippen LogP contribution in [0.5, 0.6) is 0 Å². The summed E-state index contributed by atoms with van der Waals surface area (Å²) in [5.74, 6) is 1.27. The fraction of sp³-hybridized carbons (Fsp3) is 0.133. The molecule has 3 aromatic rings. The monoisotopic (exact) mass is 266 g/mol. The van der Waals surface area contributed by atoms with Gasteiger partial charge in [0.05, 0.1) is 6.42 Å². The zero-order valence-corrected chi connectivity index (χ0v) is 10.9. The van der Waals surface area contributed by atoms with Crippen LogP contribution in [0, 0.1) is 0 Å². The van der Waals surface area contributed by atoms with Gasteiger partial charge in [-0.1, -0.05) is 17.3 Å². The van der Waals surface area contributed by atoms with E-state index < -0.39 is 0 Å². The van der Waals surface area contributed by atoms with Gasteiger partial charge in [0.2, 0.25) is 5.89 Å². The fourth-order valence-corrected chi connectivity index (χ4v) is 1.99. The van der Waals surface area contributed by atoms with Crippen LogP contribution in [-0.2, 0) is 12.8 Å². The Morgan fingerprint density at radius 1 is 1.00 bits per heavy atom. The highest BCUT2D eigenvalue weighted by Gasteiger charge is 2.08. The van der Waals surface area contributed by atoms with Gasteiger partial charge in [-0.05, 0) is 35.4 Å². The molecule has 0 fully saturated rings. The Morgan fingerprint density at radius 3 is 2.65 bits per heavy atom. The van der Waals surface area contributed by atoms with Crippen molar-refractivity contribution < 1.29 is 4.52 Å². The Hall–Kier alpha value is -2.69. The molecule has 0 amide bonds. The quantitative estimate of drug-likeness (QED) is 0.733. The molecule has 0 saturated heterocycles. The third-order valence-corrected chi connectivity index (χ3v) is 2.93. The van der Waals surface area contributed by atoms with Crippen molar-refractivity contribution in [1.82, 2.24) is 15.1 Å². The molecule has 2 aromatic heterocycles. The lowest BCUT2D eigenvalue weighted by atomic mass is 10.1. The first-order valence-corrected chi connectivity index (χ1v) is 6.34. The summed E-state index contributed by atoms with van der Waals surface area (Å²) in [4.78, 5) is 8.37. The van der Waals surface area contributed by atoms with Crippen LogP contribution in [0.1, 0.15) is 22.8 Å². The number of nitrogens with zero attached hydrogens (tertiary/aromatic N) is 3. The molecule has 0 aliphatic rings. The van der Waals surface area contributed by atoms with E-state index in [1.165, 1.54) is 0 Å². The summed E-state index contributed by atoms with van der Waals surface area (Å²) in [5, 5.41) is 3.99. The van der Waals surface area contributed by atoms with Gasteiger partial charge in [-0.3, -0.25) is 4.98 Å². The lowest BCUT2D eigenvalue weighted by Gasteiger charge is -1.97. The normalized spacial score (nSPS) is 10.6. The van der Waals surface area contributed by atoms with Crippen LogP contribution in [0.25, 0.3) is 0 Å². The van der Waals surface area contributed by atoms with Crippen LogP contribution in [0.15, 0.2) is 53.3 Å². The van der Waals surface area contributed by atoms with E-state index in [-0.39, 0.29) is 0 Å². The zero-order chi connectivity index (χ0) is 13.8. The molecular formula is C15H14N4O. The molecular weight excluding hydrogens is 252 g/mol. The first-order valence-electron chi connectivity index (χ1n) is 6.34. The second-order valence-corrected chi connectivity index (χ2v) is 4.56. The second kappa shape index (κ2) is 5.52. The minimum absolute atomic E-state index is 0.592. The maximum atomic E-state index is 5.75. The van der Waals surface area contributed by atoms with Crippen molar-refractivity contribution in [2.45, 2.75) is 12.8 Å². The van der Waals surface area contributed by atoms with Crippen LogP contribution >= 0.6 is 0 Å². The minimum atomic E-state index is 0.592. The van der Waals surface area contributed by atoms with Gasteiger partial charge in [-0.25, -0.2) is 0 Å². The van der Waals surface area contributed by atoms with E-state index in [1.807, 2.05) is 36.4 Å². The average Bonchev–Trinajstić information content (AvgIpc) is 2.87. The Bertz CT molecular complexity index is 694. The molecule has 2 N–H and O–H groups in total. The van der Waals surface area contributed by atoms with Gasteiger partial charge in [-0.2, -0.15) is 4.98 Å². The topological polar surface area (TPSA) is 77.8 Å². The van der Waals surface area contributed by atoms with E-state index in [4.69, 9.17) is 10.3 Å². The van der Waals surface area contributed by atoms with Gasteiger partial charge in [0.15, 0.2) is 5.82 Å². The van der Waals surface area contributed by atoms with Crippen molar-refractivity contribution in [1.29, 1.82) is 0 Å². The van der Waals surface area contributed by atoms with E-state index in [2.05, 4.69) is 15.1 Å². The predicted octanol–water partition coefficient (Wildman–Crippen LogP) is 2.23. The molecule has 0 atom stereocenters. The van der Waals surface area contributed by atoms with Crippen molar-refractivity contribution in [3.05, 3.63) is 71.6 Å². The molecule has 0 radical (unpaired) electrons. The molecule has 2 heterocycles. The van der Waals surface area contributed by atoms with Crippen LogP contribution in [0.4, 0.5) is 5.69 Å². The number of aromatic nitrogens is 3. The first-order chi connectivity index (χ1) is 9.79. The van der Waals surface area contributed by atoms with E-state index >= 15 is 0 Å². The summed E-state index contributed by atoms with van der Waals surface area (Å²) < 4.78 is 5.26. The molecule has 5 nitrogen and oxygen atoms in total. The summed E-state index contributed by atoms with van der Waals surface area (Å²) in [6.07, 6.45) is 4.74. The standard InChI is InChI=1S/C15H14N4O/c16-13-3-1-2-12(8-13)10-15-18-14(19-20-15)9-11-4-6-17-7-5-11/h1-8H,9-10,16H2. The molecule has 0 saturated carbocycles. The van der Waals surface area contributed by atoms with Gasteiger partial charge in [0, 0.05) is 24.5 Å². The third kappa shape index (κ3) is 3.00. The van der Waals surface area contributed by atoms with Crippen molar-refractivity contribution in [2.75, 3.05) is 5.73 Å². The molecule has 3 rings (SSSR count). The van der Waals surface area contributed by atoms with Crippen molar-refractivity contribution in [2.24, 2.45) is 0 Å². The number of nitrogen functional groups attached to an aromatic ring is 1. The number of benzene rings is 1.